The van der Waals surface area contributed by atoms with Crippen LogP contribution >= 0.6 is 27.5 Å². The molecule has 1 fully saturated rings. The number of benzene rings is 2. The third-order valence-corrected chi connectivity index (χ3v) is 6.11. The predicted molar refractivity (Wildman–Crippen MR) is 116 cm³/mol. The van der Waals surface area contributed by atoms with E-state index in [4.69, 9.17) is 16.0 Å². The molecule has 1 amide bonds. The zero-order valence-corrected chi connectivity index (χ0v) is 18.2. The van der Waals surface area contributed by atoms with Crippen molar-refractivity contribution >= 4 is 44.4 Å². The van der Waals surface area contributed by atoms with Crippen LogP contribution in [0.3, 0.4) is 0 Å². The van der Waals surface area contributed by atoms with Gasteiger partial charge in [0.1, 0.15) is 5.58 Å². The average molecular weight is 462 g/mol. The van der Waals surface area contributed by atoms with E-state index in [1.165, 1.54) is 5.56 Å². The number of hydrogen-bond acceptors (Lipinski definition) is 3. The number of carbonyl (C=O) groups is 1. The molecule has 1 saturated heterocycles. The van der Waals surface area contributed by atoms with Gasteiger partial charge in [-0.05, 0) is 55.8 Å². The van der Waals surface area contributed by atoms with E-state index in [-0.39, 0.29) is 18.0 Å². The molecule has 1 aromatic heterocycles. The van der Waals surface area contributed by atoms with E-state index >= 15 is 0 Å². The first kappa shape index (κ1) is 19.5. The van der Waals surface area contributed by atoms with Crippen LogP contribution in [0.1, 0.15) is 30.0 Å². The van der Waals surface area contributed by atoms with E-state index in [9.17, 15) is 4.79 Å². The van der Waals surface area contributed by atoms with Gasteiger partial charge in [-0.1, -0.05) is 39.7 Å². The van der Waals surface area contributed by atoms with Crippen LogP contribution in [0.4, 0.5) is 0 Å². The van der Waals surface area contributed by atoms with Crippen molar-refractivity contribution in [1.82, 2.24) is 9.80 Å². The van der Waals surface area contributed by atoms with Gasteiger partial charge in [0.2, 0.25) is 0 Å². The molecule has 28 heavy (non-hydrogen) atoms. The van der Waals surface area contributed by atoms with Crippen LogP contribution in [-0.4, -0.2) is 40.9 Å². The third-order valence-electron chi connectivity index (χ3n) is 5.36. The molecular weight excluding hydrogens is 440 g/mol. The summed E-state index contributed by atoms with van der Waals surface area (Å²) in [4.78, 5) is 17.4. The van der Waals surface area contributed by atoms with E-state index in [2.05, 4.69) is 46.8 Å². The minimum atomic E-state index is -0.0437. The van der Waals surface area contributed by atoms with Gasteiger partial charge in [-0.2, -0.15) is 0 Å². The van der Waals surface area contributed by atoms with E-state index in [0.29, 0.717) is 12.3 Å². The average Bonchev–Trinajstić information content (AvgIpc) is 3.09. The summed E-state index contributed by atoms with van der Waals surface area (Å²) in [7, 11) is 0. The van der Waals surface area contributed by atoms with Gasteiger partial charge in [0.15, 0.2) is 5.76 Å². The summed E-state index contributed by atoms with van der Waals surface area (Å²) in [5.74, 6) is 0.358. The fourth-order valence-corrected chi connectivity index (χ4v) is 4.29. The molecule has 0 N–H and O–H groups in total. The quantitative estimate of drug-likeness (QED) is 0.510. The molecule has 3 aromatic rings. The van der Waals surface area contributed by atoms with E-state index in [0.717, 1.165) is 33.6 Å². The maximum Gasteiger partial charge on any atom is 0.289 e. The third kappa shape index (κ3) is 3.97. The van der Waals surface area contributed by atoms with Gasteiger partial charge in [-0.3, -0.25) is 9.69 Å². The molecule has 0 spiro atoms. The van der Waals surface area contributed by atoms with Crippen LogP contribution in [0.25, 0.3) is 11.0 Å². The molecule has 4 rings (SSSR count). The lowest BCUT2D eigenvalue weighted by Gasteiger charge is -2.43. The molecule has 2 heterocycles. The molecule has 146 valence electrons. The Hall–Kier alpha value is -1.82. The molecule has 0 aliphatic carbocycles. The first-order chi connectivity index (χ1) is 13.4. The summed E-state index contributed by atoms with van der Waals surface area (Å²) < 4.78 is 6.79. The van der Waals surface area contributed by atoms with Gasteiger partial charge in [0.05, 0.1) is 0 Å². The van der Waals surface area contributed by atoms with Crippen molar-refractivity contribution < 1.29 is 9.21 Å². The fraction of sp³-hybridized carbons (Fsp3) is 0.318. The number of nitrogens with zero attached hydrogens (tertiary/aromatic N) is 2. The first-order valence-electron chi connectivity index (χ1n) is 9.39. The fourth-order valence-electron chi connectivity index (χ4n) is 3.79. The zero-order valence-electron chi connectivity index (χ0n) is 15.9. The maximum atomic E-state index is 13.1. The van der Waals surface area contributed by atoms with Crippen LogP contribution in [0.15, 0.2) is 57.4 Å². The number of rotatable bonds is 3. The highest BCUT2D eigenvalue weighted by molar-refractivity contribution is 9.10. The van der Waals surface area contributed by atoms with E-state index in [1.54, 1.807) is 0 Å². The highest BCUT2D eigenvalue weighted by Crippen LogP contribution is 2.26. The lowest BCUT2D eigenvalue weighted by atomic mass is 10.1. The number of furan rings is 1. The minimum absolute atomic E-state index is 0.0437. The number of hydrogen-bond donors (Lipinski definition) is 0. The van der Waals surface area contributed by atoms with Crippen molar-refractivity contribution in [2.24, 2.45) is 0 Å². The Bertz CT molecular complexity index is 1000. The lowest BCUT2D eigenvalue weighted by molar-refractivity contribution is 0.0269. The maximum absolute atomic E-state index is 13.1. The lowest BCUT2D eigenvalue weighted by Crippen LogP contribution is -2.57. The van der Waals surface area contributed by atoms with Crippen molar-refractivity contribution in [3.63, 3.8) is 0 Å². The zero-order chi connectivity index (χ0) is 19.8. The Morgan fingerprint density at radius 3 is 2.61 bits per heavy atom. The molecule has 0 bridgehead atoms. The summed E-state index contributed by atoms with van der Waals surface area (Å²) in [6.45, 7) is 6.61. The molecule has 1 aliphatic rings. The Morgan fingerprint density at radius 1 is 1.11 bits per heavy atom. The molecular formula is C22H22BrClN2O2. The summed E-state index contributed by atoms with van der Waals surface area (Å²) in [6, 6.07) is 15.9. The normalized spacial score (nSPS) is 20.6. The van der Waals surface area contributed by atoms with Crippen LogP contribution in [-0.2, 0) is 6.54 Å². The number of piperazine rings is 1. The molecule has 6 heteroatoms. The summed E-state index contributed by atoms with van der Waals surface area (Å²) >= 11 is 9.45. The predicted octanol–water partition coefficient (Wildman–Crippen LogP) is 5.58. The van der Waals surface area contributed by atoms with E-state index in [1.807, 2.05) is 41.3 Å². The molecule has 4 nitrogen and oxygen atoms in total. The number of halogens is 2. The van der Waals surface area contributed by atoms with Gasteiger partial charge in [-0.15, -0.1) is 0 Å². The summed E-state index contributed by atoms with van der Waals surface area (Å²) in [5.41, 5.74) is 1.96. The second-order valence-corrected chi connectivity index (χ2v) is 8.86. The molecule has 0 radical (unpaired) electrons. The topological polar surface area (TPSA) is 36.7 Å². The smallest absolute Gasteiger partial charge is 0.289 e. The van der Waals surface area contributed by atoms with Gasteiger partial charge in [-0.25, -0.2) is 0 Å². The molecule has 2 atom stereocenters. The van der Waals surface area contributed by atoms with Crippen molar-refractivity contribution in [2.45, 2.75) is 32.5 Å². The molecule has 1 aliphatic heterocycles. The van der Waals surface area contributed by atoms with Gasteiger partial charge in [0, 0.05) is 46.6 Å². The highest BCUT2D eigenvalue weighted by atomic mass is 79.9. The largest absolute Gasteiger partial charge is 0.451 e. The second-order valence-electron chi connectivity index (χ2n) is 7.50. The van der Waals surface area contributed by atoms with Crippen molar-refractivity contribution in [1.29, 1.82) is 0 Å². The molecule has 2 aromatic carbocycles. The number of fused-ring (bicyclic) bond motifs is 1. The van der Waals surface area contributed by atoms with Gasteiger partial charge in [0.25, 0.3) is 5.91 Å². The highest BCUT2D eigenvalue weighted by Gasteiger charge is 2.33. The number of amides is 1. The van der Waals surface area contributed by atoms with Gasteiger partial charge >= 0.3 is 0 Å². The summed E-state index contributed by atoms with van der Waals surface area (Å²) in [6.07, 6.45) is 0. The monoisotopic (exact) mass is 460 g/mol. The van der Waals surface area contributed by atoms with Crippen LogP contribution in [0.5, 0.6) is 0 Å². The number of carbonyl (C=O) groups excluding carboxylic acids is 1. The Labute approximate surface area is 178 Å². The van der Waals surface area contributed by atoms with Crippen LogP contribution in [0.2, 0.25) is 5.02 Å². The molecule has 0 saturated carbocycles. The Kier molecular flexibility index (Phi) is 5.50. The Morgan fingerprint density at radius 2 is 1.86 bits per heavy atom. The standard InChI is InChI=1S/C22H22BrClN2O2/c1-14-12-26(15(2)11-25(14)13-16-3-6-19(24)7-4-16)22(27)21-10-17-9-18(23)5-8-20(17)28-21/h3-10,14-15H,11-13H2,1-2H3/t14-,15+/m0/s1. The van der Waals surface area contributed by atoms with Crippen LogP contribution < -0.4 is 0 Å². The summed E-state index contributed by atoms with van der Waals surface area (Å²) in [5, 5.41) is 1.68. The van der Waals surface area contributed by atoms with E-state index < -0.39 is 0 Å². The SMILES string of the molecule is C[C@@H]1CN(Cc2ccc(Cl)cc2)[C@@H](C)CN1C(=O)c1cc2cc(Br)ccc2o1. The second kappa shape index (κ2) is 7.90. The van der Waals surface area contributed by atoms with Crippen LogP contribution in [0, 0.1) is 0 Å². The first-order valence-corrected chi connectivity index (χ1v) is 10.6. The van der Waals surface area contributed by atoms with Crippen molar-refractivity contribution in [3.8, 4) is 0 Å². The Balaban J connectivity index is 1.48. The minimum Gasteiger partial charge on any atom is -0.451 e. The van der Waals surface area contributed by atoms with Gasteiger partial charge < -0.3 is 9.32 Å². The molecule has 0 unspecified atom stereocenters. The van der Waals surface area contributed by atoms with Crippen molar-refractivity contribution in [3.05, 3.63) is 69.3 Å². The van der Waals surface area contributed by atoms with Crippen molar-refractivity contribution in [2.75, 3.05) is 13.1 Å².